The number of hydrazine groups is 1. The first-order valence-electron chi connectivity index (χ1n) is 3.77. The molecule has 0 heterocycles. The van der Waals surface area contributed by atoms with Gasteiger partial charge in [0.25, 0.3) is 5.91 Å². The predicted molar refractivity (Wildman–Crippen MR) is 49.0 cm³/mol. The van der Waals surface area contributed by atoms with Gasteiger partial charge in [-0.1, -0.05) is 0 Å². The molecule has 0 unspecified atom stereocenters. The van der Waals surface area contributed by atoms with Crippen LogP contribution in [0.25, 0.3) is 0 Å². The van der Waals surface area contributed by atoms with Crippen molar-refractivity contribution >= 4 is 13.7 Å². The quantitative estimate of drug-likeness (QED) is 0.441. The van der Waals surface area contributed by atoms with E-state index in [4.69, 9.17) is 9.79 Å². The maximum atomic E-state index is 12.5. The van der Waals surface area contributed by atoms with E-state index in [-0.39, 0.29) is 5.56 Å². The maximum absolute atomic E-state index is 12.5. The van der Waals surface area contributed by atoms with E-state index in [9.17, 15) is 13.8 Å². The van der Waals surface area contributed by atoms with E-state index in [1.807, 2.05) is 0 Å². The van der Waals surface area contributed by atoms with Crippen molar-refractivity contribution in [1.82, 2.24) is 10.6 Å². The summed E-state index contributed by atoms with van der Waals surface area (Å²) >= 11 is 0. The molecule has 0 bridgehead atoms. The maximum Gasteiger partial charge on any atom is 0.418 e. The molecule has 0 fully saturated rings. The molecule has 82 valence electrons. The molecule has 0 aliphatic rings. The van der Waals surface area contributed by atoms with Crippen LogP contribution in [0.15, 0.2) is 24.3 Å². The highest BCUT2D eigenvalue weighted by atomic mass is 31.2. The molecule has 1 amide bonds. The van der Waals surface area contributed by atoms with Gasteiger partial charge >= 0.3 is 7.75 Å². The Morgan fingerprint density at radius 2 is 1.80 bits per heavy atom. The molecule has 0 spiro atoms. The highest BCUT2D eigenvalue weighted by Crippen LogP contribution is 2.26. The van der Waals surface area contributed by atoms with Crippen LogP contribution < -0.4 is 10.6 Å². The summed E-state index contributed by atoms with van der Waals surface area (Å²) in [6.45, 7) is 0. The van der Waals surface area contributed by atoms with Crippen LogP contribution >= 0.6 is 7.75 Å². The Balaban J connectivity index is 2.62. The molecule has 0 aromatic heterocycles. The first-order chi connectivity index (χ1) is 6.88. The van der Waals surface area contributed by atoms with E-state index in [1.165, 1.54) is 17.3 Å². The van der Waals surface area contributed by atoms with Gasteiger partial charge in [0, 0.05) is 5.56 Å². The largest absolute Gasteiger partial charge is 0.418 e. The standard InChI is InChI=1S/C7H8FN2O4P/c8-6-3-1-5(2-4-6)7(11)9-10-15(12,13)14/h1-4H,(H,9,11)(H3,10,12,13,14). The molecule has 6 nitrogen and oxygen atoms in total. The van der Waals surface area contributed by atoms with Gasteiger partial charge in [-0.3, -0.25) is 10.2 Å². The predicted octanol–water partition coefficient (Wildman–Crippen LogP) is 0.153. The first kappa shape index (κ1) is 11.8. The zero-order valence-electron chi connectivity index (χ0n) is 7.35. The van der Waals surface area contributed by atoms with Crippen molar-refractivity contribution in [3.05, 3.63) is 35.6 Å². The van der Waals surface area contributed by atoms with Gasteiger partial charge in [0.05, 0.1) is 0 Å². The van der Waals surface area contributed by atoms with Crippen LogP contribution in [0.1, 0.15) is 10.4 Å². The molecular weight excluding hydrogens is 226 g/mol. The van der Waals surface area contributed by atoms with Crippen LogP contribution in [0.3, 0.4) is 0 Å². The fraction of sp³-hybridized carbons (Fsp3) is 0. The Kier molecular flexibility index (Phi) is 3.54. The third kappa shape index (κ3) is 4.18. The van der Waals surface area contributed by atoms with Crippen molar-refractivity contribution in [2.24, 2.45) is 0 Å². The minimum atomic E-state index is -4.51. The van der Waals surface area contributed by atoms with Crippen molar-refractivity contribution in [3.8, 4) is 0 Å². The molecule has 4 N–H and O–H groups in total. The Bertz CT molecular complexity index is 402. The van der Waals surface area contributed by atoms with Gasteiger partial charge in [0.15, 0.2) is 0 Å². The average molecular weight is 234 g/mol. The Labute approximate surface area is 84.3 Å². The van der Waals surface area contributed by atoms with Crippen molar-refractivity contribution in [2.45, 2.75) is 0 Å². The molecule has 0 saturated carbocycles. The number of hydrogen-bond acceptors (Lipinski definition) is 2. The summed E-state index contributed by atoms with van der Waals surface area (Å²) in [5.74, 6) is -1.27. The van der Waals surface area contributed by atoms with Crippen molar-refractivity contribution in [3.63, 3.8) is 0 Å². The topological polar surface area (TPSA) is 98.7 Å². The first-order valence-corrected chi connectivity index (χ1v) is 5.38. The van der Waals surface area contributed by atoms with E-state index < -0.39 is 19.5 Å². The van der Waals surface area contributed by atoms with Gasteiger partial charge in [-0.15, -0.1) is 5.20 Å². The average Bonchev–Trinajstić information content (AvgIpc) is 2.14. The molecule has 0 radical (unpaired) electrons. The van der Waals surface area contributed by atoms with E-state index in [1.54, 1.807) is 5.43 Å². The number of carbonyl (C=O) groups excluding carboxylic acids is 1. The van der Waals surface area contributed by atoms with E-state index in [0.717, 1.165) is 12.1 Å². The van der Waals surface area contributed by atoms with E-state index in [0.29, 0.717) is 0 Å². The molecule has 8 heteroatoms. The summed E-state index contributed by atoms with van der Waals surface area (Å²) in [6, 6.07) is 4.50. The number of halogens is 1. The molecule has 0 aliphatic heterocycles. The number of hydrogen-bond donors (Lipinski definition) is 4. The zero-order chi connectivity index (χ0) is 11.5. The molecule has 1 aromatic carbocycles. The third-order valence-corrected chi connectivity index (χ3v) is 1.82. The highest BCUT2D eigenvalue weighted by Gasteiger charge is 2.14. The number of amides is 1. The van der Waals surface area contributed by atoms with Gasteiger partial charge in [-0.25, -0.2) is 8.96 Å². The number of nitrogens with one attached hydrogen (secondary N) is 2. The van der Waals surface area contributed by atoms with E-state index in [2.05, 4.69) is 0 Å². The highest BCUT2D eigenvalue weighted by molar-refractivity contribution is 7.49. The Hall–Kier alpha value is -1.27. The minimum Gasteiger partial charge on any atom is -0.311 e. The van der Waals surface area contributed by atoms with Gasteiger partial charge in [0.2, 0.25) is 0 Å². The van der Waals surface area contributed by atoms with Crippen molar-refractivity contribution in [2.75, 3.05) is 0 Å². The lowest BCUT2D eigenvalue weighted by Gasteiger charge is -2.07. The van der Waals surface area contributed by atoms with Crippen LogP contribution in [0.4, 0.5) is 4.39 Å². The molecular formula is C7H8FN2O4P. The van der Waals surface area contributed by atoms with Gasteiger partial charge < -0.3 is 9.79 Å². The molecule has 0 saturated heterocycles. The van der Waals surface area contributed by atoms with Crippen LogP contribution in [-0.2, 0) is 4.57 Å². The zero-order valence-corrected chi connectivity index (χ0v) is 8.24. The lowest BCUT2D eigenvalue weighted by Crippen LogP contribution is -2.34. The lowest BCUT2D eigenvalue weighted by molar-refractivity contribution is 0.0939. The number of rotatable bonds is 3. The fourth-order valence-electron chi connectivity index (χ4n) is 0.797. The van der Waals surface area contributed by atoms with Gasteiger partial charge in [-0.2, -0.15) is 0 Å². The Morgan fingerprint density at radius 3 is 2.27 bits per heavy atom. The molecule has 0 atom stereocenters. The van der Waals surface area contributed by atoms with Crippen molar-refractivity contribution in [1.29, 1.82) is 0 Å². The normalized spacial score (nSPS) is 11.1. The summed E-state index contributed by atoms with van der Waals surface area (Å²) in [5, 5.41) is 1.51. The summed E-state index contributed by atoms with van der Waals surface area (Å²) in [7, 11) is -4.51. The molecule has 1 aromatic rings. The minimum absolute atomic E-state index is 0.0809. The fourth-order valence-corrected chi connectivity index (χ4v) is 1.04. The van der Waals surface area contributed by atoms with Crippen LogP contribution in [0, 0.1) is 5.82 Å². The van der Waals surface area contributed by atoms with Gasteiger partial charge in [0.1, 0.15) is 5.82 Å². The Morgan fingerprint density at radius 1 is 1.27 bits per heavy atom. The summed E-state index contributed by atoms with van der Waals surface area (Å²) in [4.78, 5) is 27.9. The van der Waals surface area contributed by atoms with Crippen LogP contribution in [-0.4, -0.2) is 15.7 Å². The SMILES string of the molecule is O=C(NNP(=O)(O)O)c1ccc(F)cc1. The van der Waals surface area contributed by atoms with Crippen LogP contribution in [0.5, 0.6) is 0 Å². The van der Waals surface area contributed by atoms with Crippen LogP contribution in [0.2, 0.25) is 0 Å². The lowest BCUT2D eigenvalue weighted by atomic mass is 10.2. The van der Waals surface area contributed by atoms with E-state index >= 15 is 0 Å². The second kappa shape index (κ2) is 4.50. The molecule has 0 aliphatic carbocycles. The van der Waals surface area contributed by atoms with Gasteiger partial charge in [-0.05, 0) is 24.3 Å². The molecule has 1 rings (SSSR count). The molecule has 15 heavy (non-hydrogen) atoms. The monoisotopic (exact) mass is 234 g/mol. The summed E-state index contributed by atoms with van der Waals surface area (Å²) in [5.41, 5.74) is 1.86. The summed E-state index contributed by atoms with van der Waals surface area (Å²) in [6.07, 6.45) is 0. The van der Waals surface area contributed by atoms with Crippen molar-refractivity contribution < 1.29 is 23.5 Å². The summed E-state index contributed by atoms with van der Waals surface area (Å²) < 4.78 is 22.8. The number of benzene rings is 1. The smallest absolute Gasteiger partial charge is 0.311 e. The second-order valence-electron chi connectivity index (χ2n) is 2.62. The third-order valence-electron chi connectivity index (χ3n) is 1.42. The number of carbonyl (C=O) groups is 1. The second-order valence-corrected chi connectivity index (χ2v) is 3.93.